The maximum atomic E-state index is 13.5. The molecule has 0 aliphatic carbocycles. The molecule has 3 aromatic heterocycles. The quantitative estimate of drug-likeness (QED) is 0.0122. The van der Waals surface area contributed by atoms with E-state index in [1.54, 1.807) is 66.5 Å². The number of nitrogens with two attached hydrogens (primary N) is 1. The topological polar surface area (TPSA) is 446 Å². The minimum Gasteiger partial charge on any atom is -0.748 e. The van der Waals surface area contributed by atoms with Crippen LogP contribution in [-0.2, 0) is 68.4 Å². The van der Waals surface area contributed by atoms with E-state index < -0.39 is 115 Å². The number of fused-ring (bicyclic) bond motifs is 2. The molecule has 7 heterocycles. The molecule has 2 fully saturated rings. The first-order chi connectivity index (χ1) is 37.5. The summed E-state index contributed by atoms with van der Waals surface area (Å²) in [5.41, 5.74) is 4.28. The van der Waals surface area contributed by atoms with Crippen LogP contribution in [0.3, 0.4) is 0 Å². The number of aryl methyl sites for hydroxylation is 2. The molecule has 79 heavy (non-hydrogen) atoms. The maximum absolute atomic E-state index is 13.5. The highest BCUT2D eigenvalue weighted by Crippen LogP contribution is 2.47. The zero-order chi connectivity index (χ0) is 57.5. The van der Waals surface area contributed by atoms with Gasteiger partial charge in [-0.25, -0.2) is 37.0 Å². The van der Waals surface area contributed by atoms with Crippen molar-refractivity contribution < 1.29 is 85.9 Å². The summed E-state index contributed by atoms with van der Waals surface area (Å²) in [7, 11) is -1.46. The summed E-state index contributed by atoms with van der Waals surface area (Å²) in [6, 6.07) is 7.71. The first-order valence-corrected chi connectivity index (χ1v) is 28.7. The normalized spacial score (nSPS) is 20.3. The van der Waals surface area contributed by atoms with E-state index in [0.29, 0.717) is 27.4 Å². The summed E-state index contributed by atoms with van der Waals surface area (Å²) in [6.07, 6.45) is 4.28. The number of carboxylic acid groups (broad SMARTS) is 4. The van der Waals surface area contributed by atoms with E-state index >= 15 is 0 Å². The van der Waals surface area contributed by atoms with Crippen LogP contribution in [0.15, 0.2) is 88.9 Å². The van der Waals surface area contributed by atoms with Gasteiger partial charge in [0.15, 0.2) is 30.3 Å². The summed E-state index contributed by atoms with van der Waals surface area (Å²) in [5, 5.41) is 55.6. The molecule has 8 rings (SSSR count). The number of ether oxygens (including phenoxy) is 1. The Kier molecular flexibility index (Phi) is 18.9. The number of hydrogen-bond acceptors (Lipinski definition) is 22. The van der Waals surface area contributed by atoms with Gasteiger partial charge in [-0.15, -0.1) is 40.4 Å². The number of amides is 5. The van der Waals surface area contributed by atoms with Crippen molar-refractivity contribution in [1.29, 1.82) is 0 Å². The predicted octanol–water partition coefficient (Wildman–Crippen LogP) is -2.45. The molecule has 4 aromatic rings. The molecular formula is C44H47N13O17S5. The second-order valence-corrected chi connectivity index (χ2v) is 22.9. The number of nitrogens with zero attached hydrogens (tertiary/aromatic N) is 8. The van der Waals surface area contributed by atoms with Crippen LogP contribution in [0.2, 0.25) is 0 Å². The van der Waals surface area contributed by atoms with Crippen molar-refractivity contribution in [3.63, 3.8) is 0 Å². The van der Waals surface area contributed by atoms with Crippen molar-refractivity contribution in [2.75, 3.05) is 41.6 Å². The Bertz CT molecular complexity index is 3250. The van der Waals surface area contributed by atoms with E-state index in [9.17, 15) is 71.4 Å². The highest BCUT2D eigenvalue weighted by atomic mass is 32.2. The Morgan fingerprint density at radius 2 is 1.65 bits per heavy atom. The summed E-state index contributed by atoms with van der Waals surface area (Å²) < 4.78 is 41.2. The fourth-order valence-electron chi connectivity index (χ4n) is 8.18. The molecule has 10 N–H and O–H groups in total. The molecule has 5 amide bonds. The maximum Gasteiger partial charge on any atom is 0.354 e. The number of carbonyl (C=O) groups is 9. The second kappa shape index (κ2) is 25.1. The highest BCUT2D eigenvalue weighted by molar-refractivity contribution is 8.01. The zero-order valence-electron chi connectivity index (χ0n) is 41.1. The number of pyridine rings is 1. The lowest BCUT2D eigenvalue weighted by molar-refractivity contribution is -0.689. The first kappa shape index (κ1) is 59.3. The fraction of sp³-hybridized carbons (Fsp3) is 0.364. The van der Waals surface area contributed by atoms with Gasteiger partial charge in [0.2, 0.25) is 17.0 Å². The molecule has 1 aromatic carbocycles. The third-order valence-electron chi connectivity index (χ3n) is 12.0. The van der Waals surface area contributed by atoms with Gasteiger partial charge < -0.3 is 56.4 Å². The molecule has 2 saturated heterocycles. The van der Waals surface area contributed by atoms with E-state index in [1.165, 1.54) is 47.1 Å². The second-order valence-electron chi connectivity index (χ2n) is 17.2. The number of aliphatic carboxylic acids is 3. The van der Waals surface area contributed by atoms with Gasteiger partial charge in [-0.3, -0.25) is 38.6 Å². The molecule has 0 saturated carbocycles. The van der Waals surface area contributed by atoms with Crippen molar-refractivity contribution in [3.8, 4) is 0 Å². The van der Waals surface area contributed by atoms with Gasteiger partial charge in [0.1, 0.15) is 40.3 Å². The van der Waals surface area contributed by atoms with Gasteiger partial charge in [-0.2, -0.15) is 0 Å². The molecule has 4 aliphatic heterocycles. The summed E-state index contributed by atoms with van der Waals surface area (Å²) in [6.45, 7) is 0.107. The van der Waals surface area contributed by atoms with Gasteiger partial charge in [-0.1, -0.05) is 42.1 Å². The van der Waals surface area contributed by atoms with Crippen LogP contribution in [0.25, 0.3) is 0 Å². The van der Waals surface area contributed by atoms with Gasteiger partial charge in [0.25, 0.3) is 23.4 Å². The van der Waals surface area contributed by atoms with Crippen LogP contribution in [-0.4, -0.2) is 197 Å². The van der Waals surface area contributed by atoms with Crippen molar-refractivity contribution >= 4 is 111 Å². The van der Waals surface area contributed by atoms with Crippen LogP contribution in [0.5, 0.6) is 0 Å². The van der Waals surface area contributed by atoms with Crippen molar-refractivity contribution in [3.05, 3.63) is 106 Å². The number of methoxy groups -OCH3 is 1. The number of aromatic carboxylic acids is 1. The Morgan fingerprint density at radius 3 is 2.25 bits per heavy atom. The predicted molar refractivity (Wildman–Crippen MR) is 275 cm³/mol. The molecule has 0 radical (unpaired) electrons. The number of carboxylic acids is 4. The van der Waals surface area contributed by atoms with Crippen LogP contribution < -0.4 is 26.3 Å². The van der Waals surface area contributed by atoms with E-state index in [-0.39, 0.29) is 53.1 Å². The number of thioether (sulfide) groups is 4. The first-order valence-electron chi connectivity index (χ1n) is 22.9. The number of carbonyl (C=O) groups excluding carboxylic acids is 5. The SMILES string of the molecule is CO[C@@]1(NC(=O)CSC[C@@H](N)C(=O)O)C(=O)N2C(C(=O)O)=C(CSc3nnnn3C)CS[C@@H]21.O=C(O)C1=C(C[n+]2ccc(CCS(=O)(=O)[O-])cc2)CS[C@@H]2[C@H](NC(=O)[C@H](NC(=O)c3nc[nH]c3C(=O)O)c3ccccc3)C(=O)N12. The Morgan fingerprint density at radius 1 is 0.975 bits per heavy atom. The number of aromatic nitrogens is 7. The minimum absolute atomic E-state index is 0.00888. The molecule has 6 atom stereocenters. The van der Waals surface area contributed by atoms with Crippen LogP contribution >= 0.6 is 47.0 Å². The number of nitrogens with one attached hydrogen (secondary N) is 4. The number of aromatic amines is 1. The highest BCUT2D eigenvalue weighted by Gasteiger charge is 2.66. The summed E-state index contributed by atoms with van der Waals surface area (Å²) in [5.74, 6) is -8.81. The van der Waals surface area contributed by atoms with E-state index in [2.05, 4.69) is 41.4 Å². The average molecular weight is 1190 g/mol. The molecule has 30 nitrogen and oxygen atoms in total. The number of H-pyrrole nitrogens is 1. The number of imidazole rings is 1. The Balaban J connectivity index is 0.000000242. The number of rotatable bonds is 23. The standard InChI is InChI=1S/C28H26N6O10S2.C16H21N7O7S3/c35-23(18(16-4-2-1-3-5-16)31-24(36)19-20(27(38)39)30-14-29-19)32-21-25(37)34-22(28(40)41)17(13-45-26(21)34)12-33-9-6-15(7-10-33)8-11-46(42,43)44;1-22-15(19-20-21-22)33-4-7-3-32-14-16(30-2,13(29)23(14)10(7)12(27)28)18-9(24)6-31-5-8(17)11(25)26/h1-7,9-10,14,18,21,26H,8,11-13H2,(H5-,29,30,31,32,35,36,38,39,40,41,42,43,44);8,14H,3-6,17H2,1-2H3,(H,18,24)(H,25,26)(H,27,28)/t18-,21-,26-;8-,14-,16+/m11/s1. The van der Waals surface area contributed by atoms with Crippen LogP contribution in [0.1, 0.15) is 38.1 Å². The lowest BCUT2D eigenvalue weighted by Crippen LogP contribution is -2.80. The van der Waals surface area contributed by atoms with Crippen LogP contribution in [0, 0.1) is 0 Å². The number of tetrazole rings is 1. The van der Waals surface area contributed by atoms with Crippen molar-refractivity contribution in [2.24, 2.45) is 12.8 Å². The van der Waals surface area contributed by atoms with Gasteiger partial charge in [0.05, 0.1) is 22.2 Å². The lowest BCUT2D eigenvalue weighted by Gasteiger charge is -2.55. The minimum atomic E-state index is -4.37. The van der Waals surface area contributed by atoms with E-state index in [1.807, 2.05) is 0 Å². The van der Waals surface area contributed by atoms with E-state index in [0.717, 1.165) is 27.9 Å². The smallest absolute Gasteiger partial charge is 0.354 e. The number of β-lactam (4-membered cyclic amide) rings is 2. The number of hydrogen-bond donors (Lipinski definition) is 9. The molecule has 35 heteroatoms. The van der Waals surface area contributed by atoms with Crippen LogP contribution in [0.4, 0.5) is 0 Å². The van der Waals surface area contributed by atoms with Crippen molar-refractivity contribution in [2.45, 2.75) is 52.7 Å². The molecular weight excluding hydrogens is 1140 g/mol. The lowest BCUT2D eigenvalue weighted by atomic mass is 9.98. The molecule has 420 valence electrons. The molecule has 4 aliphatic rings. The third kappa shape index (κ3) is 13.4. The monoisotopic (exact) mass is 1190 g/mol. The zero-order valence-corrected chi connectivity index (χ0v) is 45.2. The fourth-order valence-corrected chi connectivity index (χ4v) is 13.2. The third-order valence-corrected chi connectivity index (χ3v) is 17.6. The van der Waals surface area contributed by atoms with Gasteiger partial charge >= 0.3 is 23.9 Å². The molecule has 0 spiro atoms. The molecule has 0 bridgehead atoms. The van der Waals surface area contributed by atoms with Gasteiger partial charge in [-0.05, 0) is 33.5 Å². The largest absolute Gasteiger partial charge is 0.748 e. The average Bonchev–Trinajstić information content (AvgIpc) is 3.64. The summed E-state index contributed by atoms with van der Waals surface area (Å²) in [4.78, 5) is 120. The van der Waals surface area contributed by atoms with Crippen molar-refractivity contribution in [1.82, 2.24) is 55.9 Å². The van der Waals surface area contributed by atoms with E-state index in [4.69, 9.17) is 15.6 Å². The van der Waals surface area contributed by atoms with Gasteiger partial charge in [0, 0.05) is 60.6 Å². The summed E-state index contributed by atoms with van der Waals surface area (Å²) >= 11 is 4.74. The number of benzene rings is 1. The molecule has 0 unspecified atom stereocenters. The Labute approximate surface area is 463 Å². The Hall–Kier alpha value is -7.41.